The van der Waals surface area contributed by atoms with E-state index in [0.717, 1.165) is 39.1 Å². The zero-order valence-corrected chi connectivity index (χ0v) is 14.7. The molecule has 0 radical (unpaired) electrons. The van der Waals surface area contributed by atoms with Crippen LogP contribution in [0.25, 0.3) is 5.57 Å². The zero-order valence-electron chi connectivity index (χ0n) is 14.7. The van der Waals surface area contributed by atoms with Crippen LogP contribution < -0.4 is 0 Å². The summed E-state index contributed by atoms with van der Waals surface area (Å²) in [5.74, 6) is 0. The summed E-state index contributed by atoms with van der Waals surface area (Å²) in [6.07, 6.45) is 6.64. The van der Waals surface area contributed by atoms with Gasteiger partial charge >= 0.3 is 0 Å². The fraction of sp³-hybridized carbons (Fsp3) is 0.304. The lowest BCUT2D eigenvalue weighted by atomic mass is 9.92. The van der Waals surface area contributed by atoms with Gasteiger partial charge in [0.1, 0.15) is 0 Å². The van der Waals surface area contributed by atoms with Gasteiger partial charge in [-0.2, -0.15) is 0 Å². The molecule has 2 heteroatoms. The Labute approximate surface area is 150 Å². The van der Waals surface area contributed by atoms with E-state index in [2.05, 4.69) is 66.1 Å². The van der Waals surface area contributed by atoms with Crippen molar-refractivity contribution in [2.24, 2.45) is 0 Å². The van der Waals surface area contributed by atoms with Crippen molar-refractivity contribution in [3.63, 3.8) is 0 Å². The van der Waals surface area contributed by atoms with Crippen molar-refractivity contribution in [1.82, 2.24) is 4.90 Å². The standard InChI is InChI=1S/C23H25NO/c1-2-13-24-14-15-25-20(17-24)16-23-21-9-5-3-7-18(21)11-12-19-8-4-6-10-22(19)23/h2-10,16,20H,1,11-15,17H2. The summed E-state index contributed by atoms with van der Waals surface area (Å²) in [4.78, 5) is 2.41. The maximum atomic E-state index is 6.08. The monoisotopic (exact) mass is 331 g/mol. The van der Waals surface area contributed by atoms with E-state index in [0.29, 0.717) is 0 Å². The Morgan fingerprint density at radius 1 is 1.00 bits per heavy atom. The molecule has 2 aromatic carbocycles. The van der Waals surface area contributed by atoms with Crippen LogP contribution in [0.5, 0.6) is 0 Å². The van der Waals surface area contributed by atoms with Gasteiger partial charge in [0.25, 0.3) is 0 Å². The summed E-state index contributed by atoms with van der Waals surface area (Å²) in [5.41, 5.74) is 6.91. The topological polar surface area (TPSA) is 12.5 Å². The molecule has 0 bridgehead atoms. The normalized spacial score (nSPS) is 20.3. The summed E-state index contributed by atoms with van der Waals surface area (Å²) in [6, 6.07) is 17.6. The minimum atomic E-state index is 0.128. The molecular weight excluding hydrogens is 306 g/mol. The van der Waals surface area contributed by atoms with Gasteiger partial charge in [0.2, 0.25) is 0 Å². The van der Waals surface area contributed by atoms with Crippen LogP contribution in [0.15, 0.2) is 67.3 Å². The quantitative estimate of drug-likeness (QED) is 0.785. The molecule has 1 heterocycles. The van der Waals surface area contributed by atoms with Gasteiger partial charge in [0.15, 0.2) is 0 Å². The fourth-order valence-corrected chi connectivity index (χ4v) is 3.96. The molecule has 2 aliphatic rings. The van der Waals surface area contributed by atoms with Crippen LogP contribution in [0.3, 0.4) is 0 Å². The number of benzene rings is 2. The van der Waals surface area contributed by atoms with Crippen LogP contribution in [0.4, 0.5) is 0 Å². The van der Waals surface area contributed by atoms with Crippen molar-refractivity contribution in [3.05, 3.63) is 89.5 Å². The maximum absolute atomic E-state index is 6.08. The van der Waals surface area contributed by atoms with E-state index < -0.39 is 0 Å². The van der Waals surface area contributed by atoms with E-state index in [9.17, 15) is 0 Å². The number of rotatable bonds is 3. The van der Waals surface area contributed by atoms with E-state index in [4.69, 9.17) is 4.74 Å². The molecular formula is C23H25NO. The van der Waals surface area contributed by atoms with Gasteiger partial charge in [-0.1, -0.05) is 54.6 Å². The first kappa shape index (κ1) is 16.3. The Balaban J connectivity index is 1.75. The molecule has 0 spiro atoms. The average molecular weight is 331 g/mol. The highest BCUT2D eigenvalue weighted by Crippen LogP contribution is 2.34. The lowest BCUT2D eigenvalue weighted by Crippen LogP contribution is -2.41. The molecule has 2 nitrogen and oxygen atoms in total. The second-order valence-electron chi connectivity index (χ2n) is 6.85. The Bertz CT molecular complexity index is 743. The lowest BCUT2D eigenvalue weighted by molar-refractivity contribution is 0.00150. The first-order valence-corrected chi connectivity index (χ1v) is 9.18. The molecule has 0 saturated carbocycles. The van der Waals surface area contributed by atoms with Crippen LogP contribution in [0, 0.1) is 0 Å². The highest BCUT2D eigenvalue weighted by molar-refractivity contribution is 5.84. The van der Waals surface area contributed by atoms with E-state index in [-0.39, 0.29) is 6.10 Å². The summed E-state index contributed by atoms with van der Waals surface area (Å²) in [7, 11) is 0. The molecule has 1 atom stereocenters. The van der Waals surface area contributed by atoms with E-state index in [1.54, 1.807) is 0 Å². The van der Waals surface area contributed by atoms with E-state index in [1.807, 2.05) is 6.08 Å². The van der Waals surface area contributed by atoms with Crippen LogP contribution in [-0.4, -0.2) is 37.2 Å². The van der Waals surface area contributed by atoms with Gasteiger partial charge < -0.3 is 4.74 Å². The third-order valence-electron chi connectivity index (χ3n) is 5.20. The molecule has 1 saturated heterocycles. The first-order chi connectivity index (χ1) is 12.3. The Hall–Kier alpha value is -2.16. The Kier molecular flexibility index (Phi) is 4.82. The molecule has 1 aliphatic heterocycles. The molecule has 0 amide bonds. The van der Waals surface area contributed by atoms with Crippen LogP contribution >= 0.6 is 0 Å². The van der Waals surface area contributed by atoms with Gasteiger partial charge in [-0.25, -0.2) is 0 Å². The summed E-state index contributed by atoms with van der Waals surface area (Å²) in [5, 5.41) is 0. The fourth-order valence-electron chi connectivity index (χ4n) is 3.96. The van der Waals surface area contributed by atoms with Crippen molar-refractivity contribution >= 4 is 5.57 Å². The molecule has 128 valence electrons. The lowest BCUT2D eigenvalue weighted by Gasteiger charge is -2.31. The third kappa shape index (κ3) is 3.46. The average Bonchev–Trinajstić information content (AvgIpc) is 2.80. The molecule has 0 N–H and O–H groups in total. The number of hydrogen-bond donors (Lipinski definition) is 0. The van der Waals surface area contributed by atoms with Crippen LogP contribution in [0.2, 0.25) is 0 Å². The summed E-state index contributed by atoms with van der Waals surface area (Å²) >= 11 is 0. The van der Waals surface area contributed by atoms with Gasteiger partial charge in [-0.3, -0.25) is 4.90 Å². The minimum Gasteiger partial charge on any atom is -0.371 e. The van der Waals surface area contributed by atoms with Crippen molar-refractivity contribution < 1.29 is 4.74 Å². The number of nitrogens with zero attached hydrogens (tertiary/aromatic N) is 1. The minimum absolute atomic E-state index is 0.128. The number of hydrogen-bond acceptors (Lipinski definition) is 2. The molecule has 1 unspecified atom stereocenters. The highest BCUT2D eigenvalue weighted by Gasteiger charge is 2.22. The van der Waals surface area contributed by atoms with Crippen LogP contribution in [0.1, 0.15) is 22.3 Å². The Morgan fingerprint density at radius 2 is 1.64 bits per heavy atom. The molecule has 25 heavy (non-hydrogen) atoms. The maximum Gasteiger partial charge on any atom is 0.0892 e. The second kappa shape index (κ2) is 7.38. The molecule has 1 fully saturated rings. The summed E-state index contributed by atoms with van der Waals surface area (Å²) in [6.45, 7) is 7.50. The number of ether oxygens (including phenoxy) is 1. The van der Waals surface area contributed by atoms with E-state index >= 15 is 0 Å². The molecule has 2 aromatic rings. The molecule has 0 aromatic heterocycles. The molecule has 1 aliphatic carbocycles. The smallest absolute Gasteiger partial charge is 0.0892 e. The first-order valence-electron chi connectivity index (χ1n) is 9.18. The van der Waals surface area contributed by atoms with E-state index in [1.165, 1.54) is 27.8 Å². The number of morpholine rings is 1. The number of aryl methyl sites for hydroxylation is 2. The predicted octanol–water partition coefficient (Wildman–Crippen LogP) is 4.10. The van der Waals surface area contributed by atoms with Crippen LogP contribution in [-0.2, 0) is 17.6 Å². The van der Waals surface area contributed by atoms with Gasteiger partial charge in [0, 0.05) is 19.6 Å². The largest absolute Gasteiger partial charge is 0.371 e. The second-order valence-corrected chi connectivity index (χ2v) is 6.85. The Morgan fingerprint density at radius 3 is 2.28 bits per heavy atom. The highest BCUT2D eigenvalue weighted by atomic mass is 16.5. The summed E-state index contributed by atoms with van der Waals surface area (Å²) < 4.78 is 6.08. The number of fused-ring (bicyclic) bond motifs is 2. The third-order valence-corrected chi connectivity index (χ3v) is 5.20. The van der Waals surface area contributed by atoms with Crippen molar-refractivity contribution in [2.45, 2.75) is 18.9 Å². The van der Waals surface area contributed by atoms with Crippen molar-refractivity contribution in [3.8, 4) is 0 Å². The van der Waals surface area contributed by atoms with Crippen molar-refractivity contribution in [2.75, 3.05) is 26.2 Å². The van der Waals surface area contributed by atoms with Gasteiger partial charge in [-0.15, -0.1) is 6.58 Å². The van der Waals surface area contributed by atoms with Gasteiger partial charge in [-0.05, 0) is 46.7 Å². The predicted molar refractivity (Wildman–Crippen MR) is 104 cm³/mol. The van der Waals surface area contributed by atoms with Gasteiger partial charge in [0.05, 0.1) is 12.7 Å². The SMILES string of the molecule is C=CCN1CCOC(C=C2c3ccccc3CCc3ccccc32)C1. The zero-order chi connectivity index (χ0) is 17.1. The van der Waals surface area contributed by atoms with Crippen molar-refractivity contribution in [1.29, 1.82) is 0 Å². The molecule has 4 rings (SSSR count).